The van der Waals surface area contributed by atoms with Gasteiger partial charge in [0.2, 0.25) is 0 Å². The maximum atomic E-state index is 16.8. The van der Waals surface area contributed by atoms with Crippen LogP contribution in [-0.2, 0) is 112 Å². The topological polar surface area (TPSA) is 317 Å². The van der Waals surface area contributed by atoms with Crippen molar-refractivity contribution in [3.05, 3.63) is 118 Å². The van der Waals surface area contributed by atoms with Gasteiger partial charge in [0.05, 0.1) is 58.2 Å². The van der Waals surface area contributed by atoms with E-state index >= 15 is 14.4 Å². The summed E-state index contributed by atoms with van der Waals surface area (Å²) in [6, 6.07) is 10.2. The molecule has 0 fully saturated rings. The summed E-state index contributed by atoms with van der Waals surface area (Å²) in [4.78, 5) is 130. The van der Waals surface area contributed by atoms with E-state index in [-0.39, 0.29) is 146 Å². The highest BCUT2D eigenvalue weighted by Gasteiger charge is 2.47. The van der Waals surface area contributed by atoms with Crippen LogP contribution in [0.25, 0.3) is 0 Å². The van der Waals surface area contributed by atoms with Crippen LogP contribution in [0.3, 0.4) is 0 Å². The molecule has 3 aromatic carbocycles. The first-order chi connectivity index (χ1) is 46.9. The number of aromatic hydroxyl groups is 3. The Labute approximate surface area is 616 Å². The number of esters is 3. The lowest BCUT2D eigenvalue weighted by molar-refractivity contribution is -0.164. The molecule has 102 heavy (non-hydrogen) atoms. The van der Waals surface area contributed by atoms with Gasteiger partial charge in [0.25, 0.3) is 0 Å². The molecular weight excluding hydrogens is 1360 g/mol. The van der Waals surface area contributed by atoms with Crippen LogP contribution in [0.5, 0.6) is 17.2 Å². The average molecular weight is 1480 g/mol. The van der Waals surface area contributed by atoms with Gasteiger partial charge in [-0.25, -0.2) is 28.1 Å². The van der Waals surface area contributed by atoms with E-state index in [0.29, 0.717) is 33.4 Å². The normalized spacial score (nSPS) is 14.3. The fourth-order valence-electron chi connectivity index (χ4n) is 12.6. The van der Waals surface area contributed by atoms with Crippen molar-refractivity contribution in [3.63, 3.8) is 0 Å². The molecule has 0 spiro atoms. The first-order valence-electron chi connectivity index (χ1n) is 35.5. The van der Waals surface area contributed by atoms with Gasteiger partial charge in [0, 0.05) is 34.5 Å². The maximum absolute atomic E-state index is 16.8. The molecule has 0 bridgehead atoms. The molecule has 6 N–H and O–H groups in total. The predicted octanol–water partition coefficient (Wildman–Crippen LogP) is 14.6. The third-order valence-electron chi connectivity index (χ3n) is 18.0. The molecule has 0 radical (unpaired) electrons. The third kappa shape index (κ3) is 23.2. The quantitative estimate of drug-likeness (QED) is 0.0140. The molecule has 21 nitrogen and oxygen atoms in total. The molecule has 1 heterocycles. The minimum absolute atomic E-state index is 0.0309. The van der Waals surface area contributed by atoms with Crippen molar-refractivity contribution in [1.29, 1.82) is 0 Å². The molecule has 0 aliphatic rings. The number of benzene rings is 3. The summed E-state index contributed by atoms with van der Waals surface area (Å²) in [5, 5.41) is 65.2. The van der Waals surface area contributed by atoms with E-state index in [4.69, 9.17) is 14.2 Å². The largest absolute Gasteiger partial charge is 0.507 e. The van der Waals surface area contributed by atoms with Gasteiger partial charge in [-0.15, -0.1) is 0 Å². The number of thioether (sulfide) groups is 3. The molecule has 4 rings (SSSR count). The number of hydrogen-bond acceptors (Lipinski definition) is 18. The van der Waals surface area contributed by atoms with Gasteiger partial charge in [-0.1, -0.05) is 165 Å². The number of ether oxygens (including phenoxy) is 3. The monoisotopic (exact) mass is 1480 g/mol. The van der Waals surface area contributed by atoms with Gasteiger partial charge in [-0.3, -0.25) is 28.8 Å². The standard InChI is InChI=1S/C78H117N3O18S3/c1-22-31-76(97-61(88)28-37-100-34-25-58(82)83,49-40-52(70(4,5)6)64(91)53(41-49)71(7,8)9)46-79-67(94)80(47-77(32-23-2,98-62(89)29-38-101-35-26-59(84)85)50-42-54(72(10,11)12)65(92)55(43-50)73(13,14)15)69(96)81(68(79)95)48-78(33-24-3,99-63(90)30-39-102-36-27-60(86)87)51-44-56(74(16,17)18)66(93)57(45-51)75(19,20)21/h40-45,91-93H,22-39,46-48H2,1-21H3,(H,82,83)(H,84,85)(H,86,87). The molecule has 0 aliphatic heterocycles. The van der Waals surface area contributed by atoms with Crippen LogP contribution in [0, 0.1) is 0 Å². The molecule has 3 unspecified atom stereocenters. The summed E-state index contributed by atoms with van der Waals surface area (Å²) in [6.45, 7) is 37.2. The third-order valence-corrected chi connectivity index (χ3v) is 21.0. The van der Waals surface area contributed by atoms with E-state index in [9.17, 15) is 59.4 Å². The summed E-state index contributed by atoms with van der Waals surface area (Å²) in [5.74, 6) is -4.61. The number of rotatable bonds is 36. The lowest BCUT2D eigenvalue weighted by Gasteiger charge is -2.39. The Morgan fingerprint density at radius 3 is 0.667 bits per heavy atom. The Morgan fingerprint density at radius 1 is 0.333 bits per heavy atom. The van der Waals surface area contributed by atoms with Gasteiger partial charge >= 0.3 is 52.9 Å². The Balaban J connectivity index is 2.50. The van der Waals surface area contributed by atoms with Crippen LogP contribution in [0.4, 0.5) is 0 Å². The number of nitrogens with zero attached hydrogens (tertiary/aromatic N) is 3. The first kappa shape index (κ1) is 87.7. The van der Waals surface area contributed by atoms with Crippen molar-refractivity contribution < 1.29 is 73.6 Å². The molecule has 1 aromatic heterocycles. The lowest BCUT2D eigenvalue weighted by atomic mass is 9.75. The predicted molar refractivity (Wildman–Crippen MR) is 406 cm³/mol. The van der Waals surface area contributed by atoms with Crippen LogP contribution in [0.1, 0.15) is 273 Å². The molecule has 24 heteroatoms. The van der Waals surface area contributed by atoms with Gasteiger partial charge in [-0.2, -0.15) is 35.3 Å². The average Bonchev–Trinajstić information content (AvgIpc) is 0.745. The Kier molecular flexibility index (Phi) is 30.5. The first-order valence-corrected chi connectivity index (χ1v) is 39.0. The zero-order valence-electron chi connectivity index (χ0n) is 64.5. The van der Waals surface area contributed by atoms with E-state index in [2.05, 4.69) is 0 Å². The highest BCUT2D eigenvalue weighted by Crippen LogP contribution is 2.48. The summed E-state index contributed by atoms with van der Waals surface area (Å²) in [6.07, 6.45) is -0.775. The number of hydrogen-bond donors (Lipinski definition) is 6. The smallest absolute Gasteiger partial charge is 0.336 e. The van der Waals surface area contributed by atoms with Crippen molar-refractivity contribution in [3.8, 4) is 17.2 Å². The molecule has 0 amide bonds. The summed E-state index contributed by atoms with van der Waals surface area (Å²) in [7, 11) is 0. The molecule has 0 saturated carbocycles. The SMILES string of the molecule is CCCC(Cn1c(=O)n(CC(CCC)(OC(=O)CCSCCC(=O)O)c2cc(C(C)(C)C)c(O)c(C(C)(C)C)c2)c(=O)n(CC(CCC)(OC(=O)CCSCCC(=O)O)c2cc(C(C)(C)C)c(O)c(C(C)(C)C)c2)c1=O)(OC(=O)CCSCCC(=O)O)c1cc(C(C)(C)C)c(O)c(C(C)(C)C)c1. The van der Waals surface area contributed by atoms with Crippen molar-refractivity contribution in [1.82, 2.24) is 13.7 Å². The number of carboxylic acid groups (broad SMARTS) is 3. The Hall–Kier alpha value is -6.66. The maximum Gasteiger partial charge on any atom is 0.336 e. The van der Waals surface area contributed by atoms with Crippen molar-refractivity contribution in [2.24, 2.45) is 0 Å². The number of aromatic nitrogens is 3. The van der Waals surface area contributed by atoms with Crippen molar-refractivity contribution >= 4 is 71.1 Å². The van der Waals surface area contributed by atoms with E-state index in [1.165, 1.54) is 35.3 Å². The van der Waals surface area contributed by atoms with Crippen LogP contribution in [0.15, 0.2) is 50.8 Å². The molecule has 570 valence electrons. The van der Waals surface area contributed by atoms with Gasteiger partial charge in [0.1, 0.15) is 17.2 Å². The second kappa shape index (κ2) is 35.4. The summed E-state index contributed by atoms with van der Waals surface area (Å²) in [5.41, 5.74) is -10.9. The zero-order chi connectivity index (χ0) is 77.7. The Morgan fingerprint density at radius 2 is 0.510 bits per heavy atom. The van der Waals surface area contributed by atoms with Gasteiger partial charge < -0.3 is 44.8 Å². The highest BCUT2D eigenvalue weighted by atomic mass is 32.2. The number of carbonyl (C=O) groups excluding carboxylic acids is 3. The van der Waals surface area contributed by atoms with E-state index in [1.54, 1.807) is 36.4 Å². The Bertz CT molecular complexity index is 3300. The minimum atomic E-state index is -2.01. The molecule has 0 aliphatic carbocycles. The van der Waals surface area contributed by atoms with E-state index in [0.717, 1.165) is 13.7 Å². The van der Waals surface area contributed by atoms with Gasteiger partial charge in [-0.05, 0) is 138 Å². The second-order valence-electron chi connectivity index (χ2n) is 33.0. The molecular formula is C78H117N3O18S3. The fourth-order valence-corrected chi connectivity index (χ4v) is 15.1. The molecule has 0 saturated heterocycles. The van der Waals surface area contributed by atoms with Crippen molar-refractivity contribution in [2.45, 2.75) is 291 Å². The van der Waals surface area contributed by atoms with Crippen LogP contribution in [-0.4, -0.2) is 115 Å². The second-order valence-corrected chi connectivity index (χ2v) is 36.7. The van der Waals surface area contributed by atoms with Crippen LogP contribution < -0.4 is 17.1 Å². The number of aliphatic carboxylic acids is 3. The lowest BCUT2D eigenvalue weighted by Crippen LogP contribution is -2.60. The number of phenolic OH excluding ortho intramolecular Hbond substituents is 3. The van der Waals surface area contributed by atoms with E-state index in [1.807, 2.05) is 145 Å². The highest BCUT2D eigenvalue weighted by molar-refractivity contribution is 7.99. The number of carbonyl (C=O) groups is 6. The molecule has 4 aromatic rings. The summed E-state index contributed by atoms with van der Waals surface area (Å²) < 4.78 is 23.0. The van der Waals surface area contributed by atoms with Gasteiger partial charge in [0.15, 0.2) is 16.8 Å². The fraction of sp³-hybridized carbons (Fsp3) is 0.654. The minimum Gasteiger partial charge on any atom is -0.507 e. The van der Waals surface area contributed by atoms with Crippen LogP contribution in [0.2, 0.25) is 0 Å². The molecule has 3 atom stereocenters. The van der Waals surface area contributed by atoms with Crippen molar-refractivity contribution in [2.75, 3.05) is 34.5 Å². The zero-order valence-corrected chi connectivity index (χ0v) is 66.9. The summed E-state index contributed by atoms with van der Waals surface area (Å²) >= 11 is 3.64. The number of phenols is 3. The number of carboxylic acids is 3. The van der Waals surface area contributed by atoms with Crippen LogP contribution >= 0.6 is 35.3 Å². The van der Waals surface area contributed by atoms with E-state index < -0.39 is 122 Å².